The lowest BCUT2D eigenvalue weighted by atomic mass is 10.2. The molecule has 0 heterocycles. The lowest BCUT2D eigenvalue weighted by Gasteiger charge is -2.12. The minimum atomic E-state index is -3.57. The first-order valence-electron chi connectivity index (χ1n) is 5.15. The molecule has 1 N–H and O–H groups in total. The standard InChI is InChI=1S/C11H16ClNO3S/c1-8-4-5-11(10(12)6-8)17(14,15)13-7-9(2)16-3/h4-6,9,13H,7H2,1-3H3. The Balaban J connectivity index is 2.90. The Hall–Kier alpha value is -0.620. The number of hydrogen-bond acceptors (Lipinski definition) is 3. The molecule has 17 heavy (non-hydrogen) atoms. The minimum absolute atomic E-state index is 0.0908. The van der Waals surface area contributed by atoms with E-state index in [1.807, 2.05) is 6.92 Å². The van der Waals surface area contributed by atoms with Crippen LogP contribution in [0.3, 0.4) is 0 Å². The van der Waals surface area contributed by atoms with Crippen LogP contribution < -0.4 is 4.72 Å². The molecule has 1 aromatic carbocycles. The van der Waals surface area contributed by atoms with Crippen molar-refractivity contribution in [2.75, 3.05) is 13.7 Å². The van der Waals surface area contributed by atoms with Crippen LogP contribution in [0.1, 0.15) is 12.5 Å². The van der Waals surface area contributed by atoms with Gasteiger partial charge in [-0.2, -0.15) is 0 Å². The Bertz CT molecular complexity index is 487. The van der Waals surface area contributed by atoms with E-state index < -0.39 is 10.0 Å². The molecule has 1 rings (SSSR count). The zero-order chi connectivity index (χ0) is 13.1. The van der Waals surface area contributed by atoms with Gasteiger partial charge >= 0.3 is 0 Å². The fourth-order valence-electron chi connectivity index (χ4n) is 1.21. The molecule has 96 valence electrons. The second kappa shape index (κ2) is 5.82. The Kier molecular flexibility index (Phi) is 4.94. The maximum atomic E-state index is 11.9. The first-order valence-corrected chi connectivity index (χ1v) is 7.01. The van der Waals surface area contributed by atoms with Crippen LogP contribution in [0.15, 0.2) is 23.1 Å². The van der Waals surface area contributed by atoms with Gasteiger partial charge in [-0.05, 0) is 31.5 Å². The van der Waals surface area contributed by atoms with Gasteiger partial charge in [0.25, 0.3) is 0 Å². The molecular formula is C11H16ClNO3S. The maximum absolute atomic E-state index is 11.9. The fourth-order valence-corrected chi connectivity index (χ4v) is 2.92. The lowest BCUT2D eigenvalue weighted by Crippen LogP contribution is -2.31. The quantitative estimate of drug-likeness (QED) is 0.895. The van der Waals surface area contributed by atoms with Gasteiger partial charge in [-0.15, -0.1) is 0 Å². The van der Waals surface area contributed by atoms with Crippen LogP contribution in [0.4, 0.5) is 0 Å². The Morgan fingerprint density at radius 1 is 1.47 bits per heavy atom. The van der Waals surface area contributed by atoms with Gasteiger partial charge in [-0.1, -0.05) is 17.7 Å². The van der Waals surface area contributed by atoms with E-state index in [0.29, 0.717) is 0 Å². The number of ether oxygens (including phenoxy) is 1. The summed E-state index contributed by atoms with van der Waals surface area (Å²) in [6, 6.07) is 4.83. The van der Waals surface area contributed by atoms with Crippen molar-refractivity contribution in [2.24, 2.45) is 0 Å². The molecule has 0 aromatic heterocycles. The molecule has 6 heteroatoms. The average Bonchev–Trinajstić information content (AvgIpc) is 2.25. The van der Waals surface area contributed by atoms with E-state index >= 15 is 0 Å². The van der Waals surface area contributed by atoms with Gasteiger partial charge in [0.2, 0.25) is 10.0 Å². The largest absolute Gasteiger partial charge is 0.380 e. The summed E-state index contributed by atoms with van der Waals surface area (Å²) in [6.07, 6.45) is -0.186. The highest BCUT2D eigenvalue weighted by atomic mass is 35.5. The highest BCUT2D eigenvalue weighted by molar-refractivity contribution is 7.89. The third-order valence-electron chi connectivity index (χ3n) is 2.34. The molecule has 1 aromatic rings. The predicted octanol–water partition coefficient (Wildman–Crippen LogP) is 1.96. The Labute approximate surface area is 107 Å². The summed E-state index contributed by atoms with van der Waals surface area (Å²) < 4.78 is 31.3. The number of methoxy groups -OCH3 is 1. The molecule has 0 saturated carbocycles. The van der Waals surface area contributed by atoms with Crippen LogP contribution in [-0.2, 0) is 14.8 Å². The van der Waals surface area contributed by atoms with Gasteiger partial charge in [0.15, 0.2) is 0 Å². The summed E-state index contributed by atoms with van der Waals surface area (Å²) in [4.78, 5) is 0.0908. The lowest BCUT2D eigenvalue weighted by molar-refractivity contribution is 0.122. The summed E-state index contributed by atoms with van der Waals surface area (Å²) in [6.45, 7) is 3.84. The van der Waals surface area contributed by atoms with Crippen molar-refractivity contribution in [2.45, 2.75) is 24.8 Å². The van der Waals surface area contributed by atoms with Crippen molar-refractivity contribution in [3.8, 4) is 0 Å². The second-order valence-electron chi connectivity index (χ2n) is 3.83. The number of hydrogen-bond donors (Lipinski definition) is 1. The van der Waals surface area contributed by atoms with Crippen molar-refractivity contribution in [1.29, 1.82) is 0 Å². The van der Waals surface area contributed by atoms with Crippen LogP contribution in [-0.4, -0.2) is 28.2 Å². The molecule has 0 bridgehead atoms. The van der Waals surface area contributed by atoms with E-state index in [1.165, 1.54) is 13.2 Å². The predicted molar refractivity (Wildman–Crippen MR) is 67.8 cm³/mol. The van der Waals surface area contributed by atoms with E-state index in [9.17, 15) is 8.42 Å². The first-order chi connectivity index (χ1) is 7.86. The summed E-state index contributed by atoms with van der Waals surface area (Å²) in [5.41, 5.74) is 0.916. The van der Waals surface area contributed by atoms with E-state index in [-0.39, 0.29) is 22.6 Å². The van der Waals surface area contributed by atoms with Gasteiger partial charge in [0.1, 0.15) is 4.90 Å². The van der Waals surface area contributed by atoms with Crippen molar-refractivity contribution in [3.63, 3.8) is 0 Å². The topological polar surface area (TPSA) is 55.4 Å². The third kappa shape index (κ3) is 3.96. The van der Waals surface area contributed by atoms with Crippen LogP contribution in [0.5, 0.6) is 0 Å². The fraction of sp³-hybridized carbons (Fsp3) is 0.455. The highest BCUT2D eigenvalue weighted by Gasteiger charge is 2.18. The average molecular weight is 278 g/mol. The molecule has 0 amide bonds. The second-order valence-corrected chi connectivity index (χ2v) is 5.97. The number of sulfonamides is 1. The number of nitrogens with one attached hydrogen (secondary N) is 1. The SMILES string of the molecule is COC(C)CNS(=O)(=O)c1ccc(C)cc1Cl. The molecule has 0 fully saturated rings. The molecule has 0 aliphatic rings. The molecule has 0 saturated heterocycles. The highest BCUT2D eigenvalue weighted by Crippen LogP contribution is 2.22. The molecule has 1 unspecified atom stereocenters. The normalized spacial score (nSPS) is 13.6. The first kappa shape index (κ1) is 14.4. The zero-order valence-corrected chi connectivity index (χ0v) is 11.6. The van der Waals surface area contributed by atoms with Crippen LogP contribution in [0.25, 0.3) is 0 Å². The monoisotopic (exact) mass is 277 g/mol. The minimum Gasteiger partial charge on any atom is -0.380 e. The van der Waals surface area contributed by atoms with Gasteiger partial charge in [-0.25, -0.2) is 13.1 Å². The smallest absolute Gasteiger partial charge is 0.242 e. The number of rotatable bonds is 5. The molecule has 1 atom stereocenters. The molecule has 0 radical (unpaired) electrons. The molecule has 4 nitrogen and oxygen atoms in total. The van der Waals surface area contributed by atoms with Crippen LogP contribution in [0, 0.1) is 6.92 Å². The van der Waals surface area contributed by atoms with Gasteiger partial charge in [0, 0.05) is 13.7 Å². The van der Waals surface area contributed by atoms with Crippen molar-refractivity contribution < 1.29 is 13.2 Å². The summed E-state index contributed by atoms with van der Waals surface area (Å²) in [7, 11) is -2.05. The van der Waals surface area contributed by atoms with Crippen molar-refractivity contribution in [3.05, 3.63) is 28.8 Å². The molecule has 0 aliphatic carbocycles. The Morgan fingerprint density at radius 2 is 2.12 bits per heavy atom. The molecule has 0 aliphatic heterocycles. The summed E-state index contributed by atoms with van der Waals surface area (Å²) >= 11 is 5.91. The molecule has 0 spiro atoms. The Morgan fingerprint density at radius 3 is 2.65 bits per heavy atom. The third-order valence-corrected chi connectivity index (χ3v) is 4.25. The maximum Gasteiger partial charge on any atom is 0.242 e. The molecular weight excluding hydrogens is 262 g/mol. The summed E-state index contributed by atoms with van der Waals surface area (Å²) in [5, 5.41) is 0.225. The number of aryl methyl sites for hydroxylation is 1. The van der Waals surface area contributed by atoms with E-state index in [2.05, 4.69) is 4.72 Å². The van der Waals surface area contributed by atoms with Crippen molar-refractivity contribution in [1.82, 2.24) is 4.72 Å². The van der Waals surface area contributed by atoms with Gasteiger partial charge < -0.3 is 4.74 Å². The van der Waals surface area contributed by atoms with Gasteiger partial charge in [0.05, 0.1) is 11.1 Å². The number of benzene rings is 1. The van der Waals surface area contributed by atoms with E-state index in [4.69, 9.17) is 16.3 Å². The van der Waals surface area contributed by atoms with E-state index in [1.54, 1.807) is 19.1 Å². The number of halogens is 1. The summed E-state index contributed by atoms with van der Waals surface area (Å²) in [5.74, 6) is 0. The van der Waals surface area contributed by atoms with E-state index in [0.717, 1.165) is 5.56 Å². The zero-order valence-electron chi connectivity index (χ0n) is 10.0. The van der Waals surface area contributed by atoms with Crippen LogP contribution in [0.2, 0.25) is 5.02 Å². The van der Waals surface area contributed by atoms with Crippen LogP contribution >= 0.6 is 11.6 Å². The van der Waals surface area contributed by atoms with Crippen molar-refractivity contribution >= 4 is 21.6 Å². The van der Waals surface area contributed by atoms with Gasteiger partial charge in [-0.3, -0.25) is 0 Å².